The van der Waals surface area contributed by atoms with Gasteiger partial charge in [-0.1, -0.05) is 13.0 Å². The zero-order chi connectivity index (χ0) is 15.9. The molecular formula is C16H24FNO3. The van der Waals surface area contributed by atoms with Crippen LogP contribution in [0.1, 0.15) is 38.7 Å². The van der Waals surface area contributed by atoms with Crippen LogP contribution in [0, 0.1) is 12.7 Å². The van der Waals surface area contributed by atoms with E-state index in [1.807, 2.05) is 6.92 Å². The third kappa shape index (κ3) is 5.34. The molecule has 0 aliphatic carbocycles. The molecule has 0 spiro atoms. The molecule has 1 aromatic carbocycles. The number of benzene rings is 1. The molecule has 5 heteroatoms. The van der Waals surface area contributed by atoms with Gasteiger partial charge in [0.1, 0.15) is 17.1 Å². The number of carboxylic acids is 1. The predicted molar refractivity (Wildman–Crippen MR) is 80.2 cm³/mol. The van der Waals surface area contributed by atoms with Crippen molar-refractivity contribution < 1.29 is 19.0 Å². The average Bonchev–Trinajstić information content (AvgIpc) is 2.45. The molecule has 1 atom stereocenters. The van der Waals surface area contributed by atoms with Crippen molar-refractivity contribution in [2.24, 2.45) is 0 Å². The van der Waals surface area contributed by atoms with Crippen LogP contribution in [0.5, 0.6) is 5.75 Å². The Morgan fingerprint density at radius 2 is 2.19 bits per heavy atom. The summed E-state index contributed by atoms with van der Waals surface area (Å²) in [4.78, 5) is 11.3. The monoisotopic (exact) mass is 297 g/mol. The molecule has 1 rings (SSSR count). The van der Waals surface area contributed by atoms with E-state index in [4.69, 9.17) is 4.74 Å². The topological polar surface area (TPSA) is 58.6 Å². The van der Waals surface area contributed by atoms with Crippen molar-refractivity contribution in [3.05, 3.63) is 29.6 Å². The number of ether oxygens (including phenoxy) is 1. The second-order valence-corrected chi connectivity index (χ2v) is 5.43. The van der Waals surface area contributed by atoms with Gasteiger partial charge >= 0.3 is 5.97 Å². The second kappa shape index (κ2) is 7.98. The first-order chi connectivity index (χ1) is 9.89. The lowest BCUT2D eigenvalue weighted by molar-refractivity contribution is -0.144. The van der Waals surface area contributed by atoms with Gasteiger partial charge in [-0.2, -0.15) is 0 Å². The van der Waals surface area contributed by atoms with Crippen molar-refractivity contribution in [2.75, 3.05) is 13.2 Å². The van der Waals surface area contributed by atoms with Gasteiger partial charge in [-0.15, -0.1) is 0 Å². The maximum absolute atomic E-state index is 13.4. The lowest BCUT2D eigenvalue weighted by Crippen LogP contribution is -2.49. The van der Waals surface area contributed by atoms with Gasteiger partial charge in [0.2, 0.25) is 0 Å². The maximum Gasteiger partial charge on any atom is 0.323 e. The fraction of sp³-hybridized carbons (Fsp3) is 0.562. The SMILES string of the molecule is CCCNC(C)(CCCOc1ccc(C)c(F)c1)C(=O)O. The van der Waals surface area contributed by atoms with E-state index in [0.29, 0.717) is 37.3 Å². The van der Waals surface area contributed by atoms with E-state index < -0.39 is 11.5 Å². The van der Waals surface area contributed by atoms with E-state index in [9.17, 15) is 14.3 Å². The minimum absolute atomic E-state index is 0.299. The van der Waals surface area contributed by atoms with Crippen molar-refractivity contribution in [3.63, 3.8) is 0 Å². The summed E-state index contributed by atoms with van der Waals surface area (Å²) in [7, 11) is 0. The van der Waals surface area contributed by atoms with Gasteiger partial charge in [-0.05, 0) is 51.3 Å². The summed E-state index contributed by atoms with van der Waals surface area (Å²) < 4.78 is 18.8. The van der Waals surface area contributed by atoms with Crippen molar-refractivity contribution in [1.82, 2.24) is 5.32 Å². The Kier molecular flexibility index (Phi) is 6.62. The van der Waals surface area contributed by atoms with Crippen LogP contribution in [0.25, 0.3) is 0 Å². The van der Waals surface area contributed by atoms with Gasteiger partial charge < -0.3 is 15.2 Å². The molecule has 4 nitrogen and oxygen atoms in total. The first kappa shape index (κ1) is 17.4. The van der Waals surface area contributed by atoms with Crippen LogP contribution in [0.3, 0.4) is 0 Å². The summed E-state index contributed by atoms with van der Waals surface area (Å²) in [5.41, 5.74) is -0.373. The number of hydrogen-bond donors (Lipinski definition) is 2. The summed E-state index contributed by atoms with van der Waals surface area (Å²) in [6, 6.07) is 4.72. The summed E-state index contributed by atoms with van der Waals surface area (Å²) in [5, 5.41) is 12.3. The molecule has 0 aromatic heterocycles. The number of hydrogen-bond acceptors (Lipinski definition) is 3. The Balaban J connectivity index is 2.43. The Hall–Kier alpha value is -1.62. The Morgan fingerprint density at radius 1 is 1.48 bits per heavy atom. The number of nitrogens with one attached hydrogen (secondary N) is 1. The molecule has 1 aromatic rings. The first-order valence-corrected chi connectivity index (χ1v) is 7.26. The summed E-state index contributed by atoms with van der Waals surface area (Å²) in [6.45, 7) is 6.38. The zero-order valence-corrected chi connectivity index (χ0v) is 12.9. The first-order valence-electron chi connectivity index (χ1n) is 7.26. The second-order valence-electron chi connectivity index (χ2n) is 5.43. The largest absolute Gasteiger partial charge is 0.493 e. The molecular weight excluding hydrogens is 273 g/mol. The molecule has 0 saturated carbocycles. The van der Waals surface area contributed by atoms with E-state index in [-0.39, 0.29) is 5.82 Å². The zero-order valence-electron chi connectivity index (χ0n) is 12.9. The average molecular weight is 297 g/mol. The van der Waals surface area contributed by atoms with Gasteiger partial charge in [-0.25, -0.2) is 4.39 Å². The molecule has 118 valence electrons. The molecule has 0 aliphatic rings. The molecule has 0 aliphatic heterocycles. The summed E-state index contributed by atoms with van der Waals surface area (Å²) in [5.74, 6) is -0.693. The third-order valence-corrected chi connectivity index (χ3v) is 3.47. The predicted octanol–water partition coefficient (Wildman–Crippen LogP) is 3.14. The molecule has 0 fully saturated rings. The lowest BCUT2D eigenvalue weighted by atomic mass is 9.96. The van der Waals surface area contributed by atoms with Crippen molar-refractivity contribution in [3.8, 4) is 5.75 Å². The van der Waals surface area contributed by atoms with Crippen LogP contribution < -0.4 is 10.1 Å². The fourth-order valence-corrected chi connectivity index (χ4v) is 1.95. The van der Waals surface area contributed by atoms with Crippen LogP contribution in [0.2, 0.25) is 0 Å². The molecule has 0 bridgehead atoms. The highest BCUT2D eigenvalue weighted by molar-refractivity contribution is 5.78. The number of rotatable bonds is 9. The standard InChI is InChI=1S/C16H24FNO3/c1-4-9-18-16(3,15(19)20)8-5-10-21-13-7-6-12(2)14(17)11-13/h6-7,11,18H,4-5,8-10H2,1-3H3,(H,19,20). The van der Waals surface area contributed by atoms with Crippen LogP contribution in [-0.2, 0) is 4.79 Å². The maximum atomic E-state index is 13.4. The normalized spacial score (nSPS) is 13.7. The van der Waals surface area contributed by atoms with Crippen LogP contribution in [0.4, 0.5) is 4.39 Å². The molecule has 1 unspecified atom stereocenters. The van der Waals surface area contributed by atoms with E-state index in [2.05, 4.69) is 5.32 Å². The Morgan fingerprint density at radius 3 is 2.76 bits per heavy atom. The minimum atomic E-state index is -0.947. The van der Waals surface area contributed by atoms with E-state index in [0.717, 1.165) is 6.42 Å². The number of aryl methyl sites for hydroxylation is 1. The highest BCUT2D eigenvalue weighted by atomic mass is 19.1. The molecule has 2 N–H and O–H groups in total. The Bertz CT molecular complexity index is 479. The molecule has 21 heavy (non-hydrogen) atoms. The number of carbonyl (C=O) groups is 1. The van der Waals surface area contributed by atoms with Crippen LogP contribution >= 0.6 is 0 Å². The minimum Gasteiger partial charge on any atom is -0.493 e. The molecule has 0 amide bonds. The number of aliphatic carboxylic acids is 1. The van der Waals surface area contributed by atoms with Crippen LogP contribution in [0.15, 0.2) is 18.2 Å². The molecule has 0 radical (unpaired) electrons. The highest BCUT2D eigenvalue weighted by Crippen LogP contribution is 2.17. The van der Waals surface area contributed by atoms with E-state index in [1.165, 1.54) is 6.07 Å². The summed E-state index contributed by atoms with van der Waals surface area (Å²) in [6.07, 6.45) is 1.91. The van der Waals surface area contributed by atoms with Gasteiger partial charge in [0.15, 0.2) is 0 Å². The quantitative estimate of drug-likeness (QED) is 0.688. The van der Waals surface area contributed by atoms with Crippen molar-refractivity contribution in [1.29, 1.82) is 0 Å². The molecule has 0 heterocycles. The number of halogens is 1. The van der Waals surface area contributed by atoms with Crippen LogP contribution in [-0.4, -0.2) is 29.8 Å². The van der Waals surface area contributed by atoms with Gasteiger partial charge in [0, 0.05) is 6.07 Å². The summed E-state index contributed by atoms with van der Waals surface area (Å²) >= 11 is 0. The van der Waals surface area contributed by atoms with Gasteiger partial charge in [0.05, 0.1) is 6.61 Å². The van der Waals surface area contributed by atoms with Gasteiger partial charge in [-0.3, -0.25) is 4.79 Å². The third-order valence-electron chi connectivity index (χ3n) is 3.47. The fourth-order valence-electron chi connectivity index (χ4n) is 1.95. The highest BCUT2D eigenvalue weighted by Gasteiger charge is 2.31. The van der Waals surface area contributed by atoms with E-state index >= 15 is 0 Å². The number of carboxylic acid groups (broad SMARTS) is 1. The molecule has 0 saturated heterocycles. The van der Waals surface area contributed by atoms with Crippen molar-refractivity contribution >= 4 is 5.97 Å². The Labute approximate surface area is 125 Å². The van der Waals surface area contributed by atoms with Gasteiger partial charge in [0.25, 0.3) is 0 Å². The van der Waals surface area contributed by atoms with E-state index in [1.54, 1.807) is 26.0 Å². The van der Waals surface area contributed by atoms with Crippen molar-refractivity contribution in [2.45, 2.75) is 45.6 Å². The lowest BCUT2D eigenvalue weighted by Gasteiger charge is -2.26. The smallest absolute Gasteiger partial charge is 0.323 e.